The summed E-state index contributed by atoms with van der Waals surface area (Å²) in [5.41, 5.74) is 7.36. The van der Waals surface area contributed by atoms with Crippen molar-refractivity contribution >= 4 is 29.9 Å². The van der Waals surface area contributed by atoms with Gasteiger partial charge in [-0.25, -0.2) is 0 Å². The van der Waals surface area contributed by atoms with Crippen molar-refractivity contribution in [1.82, 2.24) is 4.90 Å². The lowest BCUT2D eigenvalue weighted by Gasteiger charge is -2.17. The molecule has 3 N–H and O–H groups in total. The number of nitrogens with two attached hydrogens (primary N) is 1. The normalized spacial score (nSPS) is 23.4. The standard InChI is InChI=1S/C17H23N3O2.ClH/c18-15-5-3-4-14(15)16(21)19-13-8-6-12(7-9-13)17(22)20-10-1-2-11-20;/h6-9,14-15H,1-5,10-11,18H2,(H,19,21);1H. The molecule has 1 heterocycles. The molecule has 0 spiro atoms. The number of hydrogen-bond acceptors (Lipinski definition) is 3. The second-order valence-electron chi connectivity index (χ2n) is 6.27. The smallest absolute Gasteiger partial charge is 0.253 e. The number of hydrogen-bond donors (Lipinski definition) is 2. The van der Waals surface area contributed by atoms with E-state index in [0.717, 1.165) is 50.9 Å². The van der Waals surface area contributed by atoms with Crippen LogP contribution in [-0.2, 0) is 4.79 Å². The summed E-state index contributed by atoms with van der Waals surface area (Å²) in [5.74, 6) is -0.0253. The zero-order valence-corrected chi connectivity index (χ0v) is 14.0. The molecule has 5 nitrogen and oxygen atoms in total. The van der Waals surface area contributed by atoms with Crippen molar-refractivity contribution in [3.63, 3.8) is 0 Å². The first-order valence-electron chi connectivity index (χ1n) is 8.11. The van der Waals surface area contributed by atoms with Crippen LogP contribution in [0.15, 0.2) is 24.3 Å². The van der Waals surface area contributed by atoms with E-state index >= 15 is 0 Å². The first-order chi connectivity index (χ1) is 10.6. The Morgan fingerprint density at radius 3 is 2.26 bits per heavy atom. The maximum atomic E-state index is 12.3. The number of amides is 2. The molecule has 1 aromatic carbocycles. The second-order valence-corrected chi connectivity index (χ2v) is 6.27. The molecule has 23 heavy (non-hydrogen) atoms. The van der Waals surface area contributed by atoms with Gasteiger partial charge in [-0.15, -0.1) is 12.4 Å². The Hall–Kier alpha value is -1.59. The van der Waals surface area contributed by atoms with Crippen LogP contribution in [0, 0.1) is 5.92 Å². The van der Waals surface area contributed by atoms with Crippen LogP contribution in [0.5, 0.6) is 0 Å². The third kappa shape index (κ3) is 4.03. The highest BCUT2D eigenvalue weighted by molar-refractivity contribution is 5.96. The van der Waals surface area contributed by atoms with E-state index in [1.54, 1.807) is 24.3 Å². The minimum Gasteiger partial charge on any atom is -0.339 e. The lowest BCUT2D eigenvalue weighted by molar-refractivity contribution is -0.120. The lowest BCUT2D eigenvalue weighted by Crippen LogP contribution is -2.34. The van der Waals surface area contributed by atoms with Crippen molar-refractivity contribution in [3.05, 3.63) is 29.8 Å². The molecule has 1 saturated carbocycles. The van der Waals surface area contributed by atoms with Gasteiger partial charge in [-0.2, -0.15) is 0 Å². The van der Waals surface area contributed by atoms with Gasteiger partial charge in [-0.05, 0) is 49.9 Å². The molecule has 1 aliphatic carbocycles. The van der Waals surface area contributed by atoms with Crippen LogP contribution in [0.25, 0.3) is 0 Å². The van der Waals surface area contributed by atoms with E-state index in [1.165, 1.54) is 0 Å². The molecule has 2 unspecified atom stereocenters. The third-order valence-electron chi connectivity index (χ3n) is 4.70. The summed E-state index contributed by atoms with van der Waals surface area (Å²) in [4.78, 5) is 26.3. The number of nitrogens with zero attached hydrogens (tertiary/aromatic N) is 1. The van der Waals surface area contributed by atoms with Gasteiger partial charge in [-0.3, -0.25) is 9.59 Å². The molecule has 1 saturated heterocycles. The summed E-state index contributed by atoms with van der Waals surface area (Å²) in [6, 6.07) is 7.12. The predicted molar refractivity (Wildman–Crippen MR) is 92.8 cm³/mol. The summed E-state index contributed by atoms with van der Waals surface area (Å²) >= 11 is 0. The fourth-order valence-electron chi connectivity index (χ4n) is 3.35. The highest BCUT2D eigenvalue weighted by Crippen LogP contribution is 2.25. The fraction of sp³-hybridized carbons (Fsp3) is 0.529. The minimum atomic E-state index is -0.0918. The Morgan fingerprint density at radius 2 is 1.70 bits per heavy atom. The van der Waals surface area contributed by atoms with Crippen molar-refractivity contribution in [2.24, 2.45) is 11.7 Å². The number of carbonyl (C=O) groups excluding carboxylic acids is 2. The monoisotopic (exact) mass is 337 g/mol. The number of rotatable bonds is 3. The molecule has 126 valence electrons. The molecule has 3 rings (SSSR count). The first-order valence-corrected chi connectivity index (χ1v) is 8.11. The topological polar surface area (TPSA) is 75.4 Å². The Labute approximate surface area is 143 Å². The van der Waals surface area contributed by atoms with E-state index < -0.39 is 0 Å². The molecule has 2 atom stereocenters. The van der Waals surface area contributed by atoms with Gasteiger partial charge in [0, 0.05) is 30.4 Å². The Morgan fingerprint density at radius 1 is 1.04 bits per heavy atom. The highest BCUT2D eigenvalue weighted by Gasteiger charge is 2.30. The van der Waals surface area contributed by atoms with Crippen molar-refractivity contribution in [3.8, 4) is 0 Å². The van der Waals surface area contributed by atoms with Crippen molar-refractivity contribution < 1.29 is 9.59 Å². The number of halogens is 1. The summed E-state index contributed by atoms with van der Waals surface area (Å²) in [6.45, 7) is 1.69. The van der Waals surface area contributed by atoms with E-state index in [1.807, 2.05) is 4.90 Å². The van der Waals surface area contributed by atoms with E-state index in [9.17, 15) is 9.59 Å². The van der Waals surface area contributed by atoms with Crippen LogP contribution in [-0.4, -0.2) is 35.8 Å². The van der Waals surface area contributed by atoms with Crippen LogP contribution in [0.4, 0.5) is 5.69 Å². The van der Waals surface area contributed by atoms with Crippen molar-refractivity contribution in [1.29, 1.82) is 0 Å². The molecule has 0 radical (unpaired) electrons. The van der Waals surface area contributed by atoms with Gasteiger partial charge in [0.1, 0.15) is 0 Å². The van der Waals surface area contributed by atoms with Crippen LogP contribution < -0.4 is 11.1 Å². The largest absolute Gasteiger partial charge is 0.339 e. The maximum absolute atomic E-state index is 12.3. The molecule has 0 aromatic heterocycles. The third-order valence-corrected chi connectivity index (χ3v) is 4.70. The minimum absolute atomic E-state index is 0. The molecular weight excluding hydrogens is 314 g/mol. The first kappa shape index (κ1) is 17.8. The number of nitrogens with one attached hydrogen (secondary N) is 1. The average molecular weight is 338 g/mol. The predicted octanol–water partition coefficient (Wildman–Crippen LogP) is 2.41. The second kappa shape index (κ2) is 7.79. The summed E-state index contributed by atoms with van der Waals surface area (Å²) < 4.78 is 0. The van der Waals surface area contributed by atoms with Gasteiger partial charge in [0.2, 0.25) is 5.91 Å². The summed E-state index contributed by atoms with van der Waals surface area (Å²) in [6.07, 6.45) is 4.96. The van der Waals surface area contributed by atoms with Crippen molar-refractivity contribution in [2.45, 2.75) is 38.1 Å². The molecular formula is C17H24ClN3O2. The zero-order chi connectivity index (χ0) is 15.5. The van der Waals surface area contributed by atoms with Crippen LogP contribution in [0.3, 0.4) is 0 Å². The molecule has 1 aromatic rings. The molecule has 2 aliphatic rings. The Balaban J connectivity index is 0.00000192. The highest BCUT2D eigenvalue weighted by atomic mass is 35.5. The van der Waals surface area contributed by atoms with Crippen LogP contribution in [0.1, 0.15) is 42.5 Å². The zero-order valence-electron chi connectivity index (χ0n) is 13.2. The van der Waals surface area contributed by atoms with Crippen LogP contribution >= 0.6 is 12.4 Å². The summed E-state index contributed by atoms with van der Waals surface area (Å²) in [7, 11) is 0. The fourth-order valence-corrected chi connectivity index (χ4v) is 3.35. The van der Waals surface area contributed by atoms with E-state index in [0.29, 0.717) is 5.56 Å². The number of anilines is 1. The quantitative estimate of drug-likeness (QED) is 0.889. The lowest BCUT2D eigenvalue weighted by atomic mass is 10.0. The maximum Gasteiger partial charge on any atom is 0.253 e. The summed E-state index contributed by atoms with van der Waals surface area (Å²) in [5, 5.41) is 2.91. The molecule has 6 heteroatoms. The Kier molecular flexibility index (Phi) is 6.02. The molecule has 2 fully saturated rings. The Bertz CT molecular complexity index is 555. The molecule has 2 amide bonds. The van der Waals surface area contributed by atoms with Gasteiger partial charge >= 0.3 is 0 Å². The number of likely N-dealkylation sites (tertiary alicyclic amines) is 1. The SMILES string of the molecule is Cl.NC1CCCC1C(=O)Nc1ccc(C(=O)N2CCCC2)cc1. The van der Waals surface area contributed by atoms with Crippen molar-refractivity contribution in [2.75, 3.05) is 18.4 Å². The van der Waals surface area contributed by atoms with Crippen LogP contribution in [0.2, 0.25) is 0 Å². The van der Waals surface area contributed by atoms with Gasteiger partial charge in [-0.1, -0.05) is 6.42 Å². The number of carbonyl (C=O) groups is 2. The van der Waals surface area contributed by atoms with Gasteiger partial charge in [0.05, 0.1) is 5.92 Å². The molecule has 0 bridgehead atoms. The van der Waals surface area contributed by atoms with Gasteiger partial charge in [0.15, 0.2) is 0 Å². The van der Waals surface area contributed by atoms with Gasteiger partial charge < -0.3 is 16.0 Å². The average Bonchev–Trinajstić information content (AvgIpc) is 3.18. The van der Waals surface area contributed by atoms with Gasteiger partial charge in [0.25, 0.3) is 5.91 Å². The van der Waals surface area contributed by atoms with E-state index in [2.05, 4.69) is 5.32 Å². The van der Waals surface area contributed by atoms with E-state index in [4.69, 9.17) is 5.73 Å². The van der Waals surface area contributed by atoms with E-state index in [-0.39, 0.29) is 36.2 Å². The number of benzene rings is 1. The molecule has 1 aliphatic heterocycles.